The Balaban J connectivity index is 0.00000576. The molecule has 0 amide bonds. The summed E-state index contributed by atoms with van der Waals surface area (Å²) in [7, 11) is 4.42. The zero-order valence-electron chi connectivity index (χ0n) is 17.0. The number of rotatable bonds is 11. The third-order valence-corrected chi connectivity index (χ3v) is 4.86. The van der Waals surface area contributed by atoms with Gasteiger partial charge in [-0.25, -0.2) is 0 Å². The van der Waals surface area contributed by atoms with Gasteiger partial charge in [0.2, 0.25) is 0 Å². The first kappa shape index (κ1) is 24.9. The van der Waals surface area contributed by atoms with Crippen LogP contribution in [0.5, 0.6) is 0 Å². The Hall–Kier alpha value is -0.0800. The van der Waals surface area contributed by atoms with Crippen LogP contribution in [-0.2, 0) is 0 Å². The molecule has 0 aromatic heterocycles. The average Bonchev–Trinajstić information content (AvgIpc) is 2.57. The molecule has 6 heteroatoms. The van der Waals surface area contributed by atoms with Crippen molar-refractivity contribution in [1.82, 2.24) is 20.4 Å². The monoisotopic (exact) mass is 467 g/mol. The molecular formula is C19H42IN5. The summed E-state index contributed by atoms with van der Waals surface area (Å²) in [6, 6.07) is 0.526. The van der Waals surface area contributed by atoms with E-state index in [1.165, 1.54) is 44.9 Å². The molecule has 0 bridgehead atoms. The van der Waals surface area contributed by atoms with Gasteiger partial charge in [0.05, 0.1) is 6.54 Å². The molecule has 0 aliphatic carbocycles. The number of guanidine groups is 1. The summed E-state index contributed by atoms with van der Waals surface area (Å²) in [5.41, 5.74) is 0. The number of aliphatic imine (C=N–C) groups is 1. The van der Waals surface area contributed by atoms with E-state index in [9.17, 15) is 0 Å². The van der Waals surface area contributed by atoms with Gasteiger partial charge in [0, 0.05) is 38.8 Å². The number of hydrogen-bond donors (Lipinski definition) is 2. The molecular weight excluding hydrogens is 425 g/mol. The van der Waals surface area contributed by atoms with Crippen molar-refractivity contribution in [2.24, 2.45) is 4.99 Å². The molecule has 1 aliphatic heterocycles. The fourth-order valence-electron chi connectivity index (χ4n) is 3.13. The number of unbranched alkanes of at least 4 members (excludes halogenated alkanes) is 6. The van der Waals surface area contributed by atoms with Gasteiger partial charge in [-0.05, 0) is 27.4 Å². The van der Waals surface area contributed by atoms with Crippen molar-refractivity contribution in [3.8, 4) is 0 Å². The topological polar surface area (TPSA) is 42.9 Å². The van der Waals surface area contributed by atoms with Crippen LogP contribution in [0.1, 0.15) is 58.8 Å². The summed E-state index contributed by atoms with van der Waals surface area (Å²) >= 11 is 0. The van der Waals surface area contributed by atoms with E-state index in [1.54, 1.807) is 0 Å². The van der Waals surface area contributed by atoms with Crippen molar-refractivity contribution in [1.29, 1.82) is 0 Å². The third-order valence-electron chi connectivity index (χ3n) is 4.86. The minimum Gasteiger partial charge on any atom is -0.357 e. The summed E-state index contributed by atoms with van der Waals surface area (Å²) in [4.78, 5) is 9.64. The molecule has 1 unspecified atom stereocenters. The highest BCUT2D eigenvalue weighted by Crippen LogP contribution is 2.07. The number of nitrogens with zero attached hydrogens (tertiary/aromatic N) is 3. The van der Waals surface area contributed by atoms with Crippen molar-refractivity contribution in [2.75, 3.05) is 53.4 Å². The molecule has 0 radical (unpaired) electrons. The second kappa shape index (κ2) is 16.1. The van der Waals surface area contributed by atoms with E-state index in [1.807, 2.05) is 0 Å². The molecule has 0 saturated carbocycles. The maximum atomic E-state index is 4.81. The zero-order chi connectivity index (χ0) is 17.6. The second-order valence-electron chi connectivity index (χ2n) is 7.16. The quantitative estimate of drug-likeness (QED) is 0.212. The summed E-state index contributed by atoms with van der Waals surface area (Å²) < 4.78 is 0. The average molecular weight is 467 g/mol. The van der Waals surface area contributed by atoms with Crippen LogP contribution in [0.3, 0.4) is 0 Å². The lowest BCUT2D eigenvalue weighted by molar-refractivity contribution is 0.119. The van der Waals surface area contributed by atoms with Gasteiger partial charge >= 0.3 is 0 Å². The molecule has 1 atom stereocenters. The zero-order valence-corrected chi connectivity index (χ0v) is 19.3. The van der Waals surface area contributed by atoms with Gasteiger partial charge in [-0.3, -0.25) is 9.89 Å². The summed E-state index contributed by atoms with van der Waals surface area (Å²) in [5.74, 6) is 0.977. The van der Waals surface area contributed by atoms with Gasteiger partial charge in [-0.1, -0.05) is 45.4 Å². The van der Waals surface area contributed by atoms with Crippen molar-refractivity contribution < 1.29 is 0 Å². The summed E-state index contributed by atoms with van der Waals surface area (Å²) in [5, 5.41) is 6.87. The third kappa shape index (κ3) is 12.0. The van der Waals surface area contributed by atoms with Gasteiger partial charge in [0.15, 0.2) is 5.96 Å². The molecule has 1 saturated heterocycles. The lowest BCUT2D eigenvalue weighted by Gasteiger charge is -2.36. The Morgan fingerprint density at radius 3 is 2.32 bits per heavy atom. The van der Waals surface area contributed by atoms with Crippen molar-refractivity contribution in [3.05, 3.63) is 0 Å². The largest absolute Gasteiger partial charge is 0.357 e. The van der Waals surface area contributed by atoms with Gasteiger partial charge in [-0.2, -0.15) is 0 Å². The number of halogens is 1. The molecule has 2 N–H and O–H groups in total. The van der Waals surface area contributed by atoms with E-state index in [4.69, 9.17) is 4.99 Å². The van der Waals surface area contributed by atoms with Crippen LogP contribution in [0, 0.1) is 0 Å². The number of piperazine rings is 1. The van der Waals surface area contributed by atoms with Crippen molar-refractivity contribution in [2.45, 2.75) is 64.8 Å². The minimum atomic E-state index is 0. The van der Waals surface area contributed by atoms with Crippen molar-refractivity contribution >= 4 is 29.9 Å². The normalized spacial score (nSPS) is 19.5. The number of hydrogen-bond acceptors (Lipinski definition) is 3. The van der Waals surface area contributed by atoms with Gasteiger partial charge in [0.25, 0.3) is 0 Å². The van der Waals surface area contributed by atoms with E-state index in [2.05, 4.69) is 48.4 Å². The molecule has 150 valence electrons. The highest BCUT2D eigenvalue weighted by Gasteiger charge is 2.21. The summed E-state index contributed by atoms with van der Waals surface area (Å²) in [6.07, 6.45) is 9.45. The Kier molecular flexibility index (Phi) is 16.1. The first-order valence-corrected chi connectivity index (χ1v) is 10.1. The predicted octanol–water partition coefficient (Wildman–Crippen LogP) is 3.16. The Labute approximate surface area is 173 Å². The molecule has 1 aliphatic rings. The number of likely N-dealkylation sites (N-methyl/N-ethyl adjacent to an activating group) is 2. The molecule has 0 aromatic carbocycles. The fraction of sp³-hybridized carbons (Fsp3) is 0.947. The molecule has 1 rings (SSSR count). The maximum Gasteiger partial charge on any atom is 0.191 e. The van der Waals surface area contributed by atoms with Crippen LogP contribution in [0.2, 0.25) is 0 Å². The van der Waals surface area contributed by atoms with E-state index in [0.717, 1.165) is 45.2 Å². The lowest BCUT2D eigenvalue weighted by atomic mass is 10.1. The molecule has 0 aromatic rings. The van der Waals surface area contributed by atoms with Gasteiger partial charge in [-0.15, -0.1) is 24.0 Å². The minimum absolute atomic E-state index is 0. The van der Waals surface area contributed by atoms with E-state index >= 15 is 0 Å². The lowest BCUT2D eigenvalue weighted by Crippen LogP contribution is -2.51. The van der Waals surface area contributed by atoms with Crippen LogP contribution in [0.4, 0.5) is 0 Å². The Morgan fingerprint density at radius 1 is 0.960 bits per heavy atom. The molecule has 1 fully saturated rings. The second-order valence-corrected chi connectivity index (χ2v) is 7.16. The van der Waals surface area contributed by atoms with E-state index in [-0.39, 0.29) is 24.0 Å². The van der Waals surface area contributed by atoms with E-state index < -0.39 is 0 Å². The van der Waals surface area contributed by atoms with Crippen molar-refractivity contribution in [3.63, 3.8) is 0 Å². The maximum absolute atomic E-state index is 4.81. The van der Waals surface area contributed by atoms with Gasteiger partial charge < -0.3 is 15.5 Å². The Bertz CT molecular complexity index is 338. The fourth-order valence-corrected chi connectivity index (χ4v) is 3.13. The first-order chi connectivity index (χ1) is 11.7. The van der Waals surface area contributed by atoms with E-state index in [0.29, 0.717) is 6.04 Å². The molecule has 25 heavy (non-hydrogen) atoms. The number of nitrogens with one attached hydrogen (secondary N) is 2. The van der Waals surface area contributed by atoms with Gasteiger partial charge in [0.1, 0.15) is 0 Å². The van der Waals surface area contributed by atoms with Crippen LogP contribution >= 0.6 is 24.0 Å². The molecule has 0 spiro atoms. The predicted molar refractivity (Wildman–Crippen MR) is 121 cm³/mol. The summed E-state index contributed by atoms with van der Waals surface area (Å²) in [6.45, 7) is 10.6. The first-order valence-electron chi connectivity index (χ1n) is 10.1. The smallest absolute Gasteiger partial charge is 0.191 e. The van der Waals surface area contributed by atoms with Crippen LogP contribution in [0.15, 0.2) is 4.99 Å². The standard InChI is InChI=1S/C19H41N5.HI/c1-5-7-8-9-10-11-12-13-21-19(20-6-2)22-16-18-17-23(3)14-15-24(18)4;/h18H,5-17H2,1-4H3,(H2,20,21,22);1H. The molecule has 5 nitrogen and oxygen atoms in total. The van der Waals surface area contributed by atoms with Crippen LogP contribution in [-0.4, -0.2) is 75.2 Å². The molecule has 1 heterocycles. The SMILES string of the molecule is CCCCCCCCCNC(=NCC1CN(C)CCN1C)NCC.I. The van der Waals surface area contributed by atoms with Crippen LogP contribution in [0.25, 0.3) is 0 Å². The highest BCUT2D eigenvalue weighted by molar-refractivity contribution is 14.0. The highest BCUT2D eigenvalue weighted by atomic mass is 127. The Morgan fingerprint density at radius 2 is 1.64 bits per heavy atom. The van der Waals surface area contributed by atoms with Crippen LogP contribution < -0.4 is 10.6 Å².